The maximum atomic E-state index is 12.3. The number of aromatic nitrogens is 1. The second-order valence-corrected chi connectivity index (χ2v) is 8.70. The molecule has 0 atom stereocenters. The van der Waals surface area contributed by atoms with Gasteiger partial charge in [-0.2, -0.15) is 11.8 Å². The zero-order valence-electron chi connectivity index (χ0n) is 13.6. The van der Waals surface area contributed by atoms with Crippen molar-refractivity contribution in [3.8, 4) is 0 Å². The summed E-state index contributed by atoms with van der Waals surface area (Å²) in [5.74, 6) is 2.04. The molecular weight excluding hydrogens is 316 g/mol. The molecule has 1 aliphatic carbocycles. The molecule has 2 rings (SSSR count). The Balaban J connectivity index is 1.80. The summed E-state index contributed by atoms with van der Waals surface area (Å²) in [4.78, 5) is 17.6. The van der Waals surface area contributed by atoms with E-state index in [9.17, 15) is 9.90 Å². The van der Waals surface area contributed by atoms with E-state index in [4.69, 9.17) is 0 Å². The molecule has 22 heavy (non-hydrogen) atoms. The van der Waals surface area contributed by atoms with Crippen molar-refractivity contribution >= 4 is 29.0 Å². The number of aryl methyl sites for hydroxylation is 1. The molecule has 1 saturated carbocycles. The number of thiazole rings is 1. The SMILES string of the molecule is Cc1nc(C2CCCC2)sc1C(=O)NCCSCC(C)(C)O. The third-order valence-corrected chi connectivity index (χ3v) is 6.43. The van der Waals surface area contributed by atoms with Crippen LogP contribution in [0.25, 0.3) is 0 Å². The van der Waals surface area contributed by atoms with Gasteiger partial charge in [-0.05, 0) is 33.6 Å². The Morgan fingerprint density at radius 2 is 2.14 bits per heavy atom. The topological polar surface area (TPSA) is 62.2 Å². The van der Waals surface area contributed by atoms with Crippen LogP contribution in [0.1, 0.15) is 65.8 Å². The number of rotatable bonds is 7. The monoisotopic (exact) mass is 342 g/mol. The van der Waals surface area contributed by atoms with Crippen LogP contribution in [0.3, 0.4) is 0 Å². The molecule has 0 aliphatic heterocycles. The van der Waals surface area contributed by atoms with Crippen LogP contribution in [-0.4, -0.2) is 39.6 Å². The van der Waals surface area contributed by atoms with E-state index in [2.05, 4.69) is 10.3 Å². The maximum absolute atomic E-state index is 12.3. The van der Waals surface area contributed by atoms with Crippen LogP contribution in [0.4, 0.5) is 0 Å². The number of nitrogens with zero attached hydrogens (tertiary/aromatic N) is 1. The molecule has 4 nitrogen and oxygen atoms in total. The van der Waals surface area contributed by atoms with E-state index in [1.54, 1.807) is 36.9 Å². The highest BCUT2D eigenvalue weighted by Crippen LogP contribution is 2.37. The average Bonchev–Trinajstić information content (AvgIpc) is 3.05. The van der Waals surface area contributed by atoms with Crippen molar-refractivity contribution in [2.45, 2.75) is 58.0 Å². The van der Waals surface area contributed by atoms with Crippen LogP contribution in [0.5, 0.6) is 0 Å². The van der Waals surface area contributed by atoms with Crippen molar-refractivity contribution in [1.82, 2.24) is 10.3 Å². The van der Waals surface area contributed by atoms with Gasteiger partial charge >= 0.3 is 0 Å². The molecule has 0 radical (unpaired) electrons. The number of hydrogen-bond donors (Lipinski definition) is 2. The Bertz CT molecular complexity index is 503. The highest BCUT2D eigenvalue weighted by Gasteiger charge is 2.23. The van der Waals surface area contributed by atoms with Gasteiger partial charge in [-0.15, -0.1) is 11.3 Å². The number of nitrogens with one attached hydrogen (secondary N) is 1. The minimum atomic E-state index is -0.654. The summed E-state index contributed by atoms with van der Waals surface area (Å²) in [7, 11) is 0. The molecular formula is C16H26N2O2S2. The number of thioether (sulfide) groups is 1. The van der Waals surface area contributed by atoms with Crippen LogP contribution < -0.4 is 5.32 Å². The summed E-state index contributed by atoms with van der Waals surface area (Å²) in [6, 6.07) is 0. The summed E-state index contributed by atoms with van der Waals surface area (Å²) in [5, 5.41) is 13.7. The van der Waals surface area contributed by atoms with Crippen molar-refractivity contribution in [3.63, 3.8) is 0 Å². The molecule has 1 fully saturated rings. The van der Waals surface area contributed by atoms with Crippen LogP contribution in [0.15, 0.2) is 0 Å². The zero-order valence-corrected chi connectivity index (χ0v) is 15.3. The second kappa shape index (κ2) is 7.79. The first-order valence-corrected chi connectivity index (χ1v) is 9.89. The third kappa shape index (κ3) is 5.25. The van der Waals surface area contributed by atoms with E-state index in [1.165, 1.54) is 25.7 Å². The molecule has 1 aromatic heterocycles. The van der Waals surface area contributed by atoms with Gasteiger partial charge in [-0.1, -0.05) is 12.8 Å². The van der Waals surface area contributed by atoms with Crippen LogP contribution in [0.2, 0.25) is 0 Å². The van der Waals surface area contributed by atoms with E-state index >= 15 is 0 Å². The fourth-order valence-electron chi connectivity index (χ4n) is 2.61. The fraction of sp³-hybridized carbons (Fsp3) is 0.750. The van der Waals surface area contributed by atoms with Gasteiger partial charge in [0.25, 0.3) is 5.91 Å². The first kappa shape index (κ1) is 17.8. The number of carbonyl (C=O) groups is 1. The number of amides is 1. The molecule has 2 N–H and O–H groups in total. The highest BCUT2D eigenvalue weighted by atomic mass is 32.2. The van der Waals surface area contributed by atoms with Crippen LogP contribution >= 0.6 is 23.1 Å². The van der Waals surface area contributed by atoms with Crippen LogP contribution in [-0.2, 0) is 0 Å². The molecule has 0 aromatic carbocycles. The largest absolute Gasteiger partial charge is 0.390 e. The number of aliphatic hydroxyl groups is 1. The minimum Gasteiger partial charge on any atom is -0.390 e. The Kier molecular flexibility index (Phi) is 6.29. The average molecular weight is 343 g/mol. The van der Waals surface area contributed by atoms with Gasteiger partial charge in [-0.3, -0.25) is 4.79 Å². The van der Waals surface area contributed by atoms with Gasteiger partial charge in [-0.25, -0.2) is 4.98 Å². The molecule has 1 aromatic rings. The molecule has 1 amide bonds. The van der Waals surface area contributed by atoms with Gasteiger partial charge in [0.1, 0.15) is 4.88 Å². The van der Waals surface area contributed by atoms with Crippen LogP contribution in [0, 0.1) is 6.92 Å². The van der Waals surface area contributed by atoms with Crippen molar-refractivity contribution < 1.29 is 9.90 Å². The van der Waals surface area contributed by atoms with E-state index in [1.807, 2.05) is 6.92 Å². The lowest BCUT2D eigenvalue weighted by Crippen LogP contribution is -2.27. The number of carbonyl (C=O) groups excluding carboxylic acids is 1. The standard InChI is InChI=1S/C16H26N2O2S2/c1-11-13(22-15(18-11)12-6-4-5-7-12)14(19)17-8-9-21-10-16(2,3)20/h12,20H,4-10H2,1-3H3,(H,17,19). The lowest BCUT2D eigenvalue weighted by Gasteiger charge is -2.15. The first-order valence-electron chi connectivity index (χ1n) is 7.92. The number of hydrogen-bond acceptors (Lipinski definition) is 5. The maximum Gasteiger partial charge on any atom is 0.263 e. The minimum absolute atomic E-state index is 0.0110. The molecule has 0 bridgehead atoms. The summed E-state index contributed by atoms with van der Waals surface area (Å²) < 4.78 is 0. The van der Waals surface area contributed by atoms with Gasteiger partial charge in [0, 0.05) is 24.0 Å². The molecule has 0 unspecified atom stereocenters. The molecule has 0 saturated heterocycles. The second-order valence-electron chi connectivity index (χ2n) is 6.57. The Morgan fingerprint density at radius 1 is 1.45 bits per heavy atom. The normalized spacial score (nSPS) is 16.2. The lowest BCUT2D eigenvalue weighted by molar-refractivity contribution is 0.0959. The van der Waals surface area contributed by atoms with Crippen molar-refractivity contribution in [2.75, 3.05) is 18.1 Å². The summed E-state index contributed by atoms with van der Waals surface area (Å²) in [5.41, 5.74) is 0.201. The van der Waals surface area contributed by atoms with E-state index in [-0.39, 0.29) is 5.91 Å². The van der Waals surface area contributed by atoms with Crippen molar-refractivity contribution in [2.24, 2.45) is 0 Å². The lowest BCUT2D eigenvalue weighted by atomic mass is 10.1. The van der Waals surface area contributed by atoms with Crippen molar-refractivity contribution in [3.05, 3.63) is 15.6 Å². The van der Waals surface area contributed by atoms with E-state index in [0.29, 0.717) is 18.2 Å². The smallest absolute Gasteiger partial charge is 0.263 e. The summed E-state index contributed by atoms with van der Waals surface area (Å²) >= 11 is 3.21. The summed E-state index contributed by atoms with van der Waals surface area (Å²) in [6.07, 6.45) is 4.98. The molecule has 0 spiro atoms. The van der Waals surface area contributed by atoms with E-state index in [0.717, 1.165) is 21.3 Å². The predicted molar refractivity (Wildman–Crippen MR) is 94.0 cm³/mol. The molecule has 1 aliphatic rings. The fourth-order valence-corrected chi connectivity index (χ4v) is 4.66. The van der Waals surface area contributed by atoms with Gasteiger partial charge in [0.15, 0.2) is 0 Å². The Hall–Kier alpha value is -0.590. The van der Waals surface area contributed by atoms with E-state index < -0.39 is 5.60 Å². The quantitative estimate of drug-likeness (QED) is 0.746. The highest BCUT2D eigenvalue weighted by molar-refractivity contribution is 7.99. The Morgan fingerprint density at radius 3 is 2.77 bits per heavy atom. The van der Waals surface area contributed by atoms with Gasteiger partial charge < -0.3 is 10.4 Å². The third-order valence-electron chi connectivity index (χ3n) is 3.71. The van der Waals surface area contributed by atoms with Gasteiger partial charge in [0.2, 0.25) is 0 Å². The zero-order chi connectivity index (χ0) is 16.2. The molecule has 6 heteroatoms. The molecule has 1 heterocycles. The molecule has 124 valence electrons. The van der Waals surface area contributed by atoms with Gasteiger partial charge in [0.05, 0.1) is 16.3 Å². The predicted octanol–water partition coefficient (Wildman–Crippen LogP) is 3.34. The van der Waals surface area contributed by atoms with Crippen molar-refractivity contribution in [1.29, 1.82) is 0 Å². The summed E-state index contributed by atoms with van der Waals surface area (Å²) in [6.45, 7) is 6.14. The first-order chi connectivity index (χ1) is 10.4. The Labute approximate surface area is 141 Å².